The number of aliphatic hydroxyl groups excluding tert-OH is 1. The molecular weight excluding hydrogens is 278 g/mol. The molecule has 1 heterocycles. The molecule has 0 fully saturated rings. The summed E-state index contributed by atoms with van der Waals surface area (Å²) in [6, 6.07) is -0.0442. The summed E-state index contributed by atoms with van der Waals surface area (Å²) in [4.78, 5) is 0. The van der Waals surface area contributed by atoms with Gasteiger partial charge in [-0.05, 0) is 18.8 Å². The van der Waals surface area contributed by atoms with E-state index in [1.165, 1.54) is 10.5 Å². The van der Waals surface area contributed by atoms with Crippen LogP contribution >= 0.6 is 0 Å². The monoisotopic (exact) mass is 303 g/mol. The lowest BCUT2D eigenvalue weighted by Crippen LogP contribution is -2.42. The highest BCUT2D eigenvalue weighted by Gasteiger charge is 2.33. The first-order valence-electron chi connectivity index (χ1n) is 7.03. The number of aliphatic hydroxyl groups is 1. The van der Waals surface area contributed by atoms with Gasteiger partial charge in [-0.15, -0.1) is 0 Å². The third-order valence-electron chi connectivity index (χ3n) is 3.31. The highest BCUT2D eigenvalue weighted by Crippen LogP contribution is 2.23. The summed E-state index contributed by atoms with van der Waals surface area (Å²) in [5, 5.41) is 15.5. The van der Waals surface area contributed by atoms with E-state index in [1.807, 2.05) is 27.7 Å². The van der Waals surface area contributed by atoms with E-state index in [-0.39, 0.29) is 23.6 Å². The van der Waals surface area contributed by atoms with Crippen LogP contribution in [0.5, 0.6) is 0 Å². The molecule has 0 atom stereocenters. The van der Waals surface area contributed by atoms with Crippen LogP contribution in [0.2, 0.25) is 0 Å². The summed E-state index contributed by atoms with van der Waals surface area (Å²) < 4.78 is 27.2. The molecule has 7 heteroatoms. The normalized spacial score (nSPS) is 12.8. The third-order valence-corrected chi connectivity index (χ3v) is 5.24. The average molecular weight is 303 g/mol. The molecule has 0 amide bonds. The van der Waals surface area contributed by atoms with E-state index < -0.39 is 10.0 Å². The number of nitrogens with one attached hydrogen (secondary N) is 1. The number of rotatable bonds is 8. The van der Waals surface area contributed by atoms with Crippen LogP contribution in [0, 0.1) is 5.92 Å². The lowest BCUT2D eigenvalue weighted by molar-refractivity contribution is 0.268. The first-order chi connectivity index (χ1) is 9.38. The van der Waals surface area contributed by atoms with E-state index in [4.69, 9.17) is 0 Å². The van der Waals surface area contributed by atoms with Crippen molar-refractivity contribution in [1.29, 1.82) is 0 Å². The standard InChI is InChI=1S/C13H25N3O3S/c1-5-12(6-2)16(8-10(3)4)20(18,19)13-11(9-17)7-14-15-13/h7,10,12,17H,5-6,8-9H2,1-4H3,(H,14,15). The van der Waals surface area contributed by atoms with Gasteiger partial charge in [-0.1, -0.05) is 27.7 Å². The quantitative estimate of drug-likeness (QED) is 0.766. The average Bonchev–Trinajstić information content (AvgIpc) is 2.87. The van der Waals surface area contributed by atoms with Crippen LogP contribution in [-0.4, -0.2) is 40.6 Å². The predicted octanol–water partition coefficient (Wildman–Crippen LogP) is 1.74. The van der Waals surface area contributed by atoms with Gasteiger partial charge in [0.15, 0.2) is 5.03 Å². The molecule has 116 valence electrons. The van der Waals surface area contributed by atoms with E-state index in [1.54, 1.807) is 0 Å². The Kier molecular flexibility index (Phi) is 6.16. The van der Waals surface area contributed by atoms with Crippen LogP contribution in [0.1, 0.15) is 46.1 Å². The Balaban J connectivity index is 3.23. The third kappa shape index (κ3) is 3.59. The summed E-state index contributed by atoms with van der Waals surface area (Å²) in [7, 11) is -3.66. The largest absolute Gasteiger partial charge is 0.392 e. The maximum absolute atomic E-state index is 12.8. The van der Waals surface area contributed by atoms with Gasteiger partial charge in [-0.25, -0.2) is 8.42 Å². The van der Waals surface area contributed by atoms with Crippen molar-refractivity contribution in [1.82, 2.24) is 14.5 Å². The number of nitrogens with zero attached hydrogens (tertiary/aromatic N) is 2. The second-order valence-corrected chi connectivity index (χ2v) is 7.15. The Hall–Kier alpha value is -0.920. The van der Waals surface area contributed by atoms with Crippen molar-refractivity contribution in [2.24, 2.45) is 5.92 Å². The van der Waals surface area contributed by atoms with E-state index in [0.717, 1.165) is 12.8 Å². The van der Waals surface area contributed by atoms with Crippen LogP contribution in [-0.2, 0) is 16.6 Å². The van der Waals surface area contributed by atoms with Crippen LogP contribution < -0.4 is 0 Å². The Morgan fingerprint density at radius 2 is 1.95 bits per heavy atom. The minimum atomic E-state index is -3.66. The highest BCUT2D eigenvalue weighted by molar-refractivity contribution is 7.89. The fourth-order valence-corrected chi connectivity index (χ4v) is 4.29. The second kappa shape index (κ2) is 7.19. The maximum atomic E-state index is 12.8. The van der Waals surface area contributed by atoms with Gasteiger partial charge in [0, 0.05) is 18.2 Å². The summed E-state index contributed by atoms with van der Waals surface area (Å²) in [5.74, 6) is 0.228. The molecule has 6 nitrogen and oxygen atoms in total. The first-order valence-corrected chi connectivity index (χ1v) is 8.47. The van der Waals surface area contributed by atoms with E-state index >= 15 is 0 Å². The number of aromatic nitrogens is 2. The number of sulfonamides is 1. The predicted molar refractivity (Wildman–Crippen MR) is 77.6 cm³/mol. The molecule has 0 radical (unpaired) electrons. The van der Waals surface area contributed by atoms with Gasteiger partial charge in [0.2, 0.25) is 0 Å². The van der Waals surface area contributed by atoms with E-state index in [2.05, 4.69) is 10.2 Å². The van der Waals surface area contributed by atoms with Crippen molar-refractivity contribution >= 4 is 10.0 Å². The summed E-state index contributed by atoms with van der Waals surface area (Å²) in [6.07, 6.45) is 2.86. The zero-order valence-corrected chi connectivity index (χ0v) is 13.4. The Labute approximate surface area is 121 Å². The lowest BCUT2D eigenvalue weighted by Gasteiger charge is -2.30. The molecule has 1 rings (SSSR count). The number of hydrogen-bond donors (Lipinski definition) is 2. The fraction of sp³-hybridized carbons (Fsp3) is 0.769. The Morgan fingerprint density at radius 1 is 1.35 bits per heavy atom. The molecule has 0 aromatic carbocycles. The van der Waals surface area contributed by atoms with E-state index in [0.29, 0.717) is 12.1 Å². The summed E-state index contributed by atoms with van der Waals surface area (Å²) in [6.45, 7) is 8.06. The molecular formula is C13H25N3O3S. The molecule has 1 aromatic rings. The highest BCUT2D eigenvalue weighted by atomic mass is 32.2. The van der Waals surface area contributed by atoms with Crippen LogP contribution in [0.4, 0.5) is 0 Å². The molecule has 0 bridgehead atoms. The van der Waals surface area contributed by atoms with Gasteiger partial charge < -0.3 is 5.11 Å². The smallest absolute Gasteiger partial charge is 0.260 e. The molecule has 20 heavy (non-hydrogen) atoms. The van der Waals surface area contributed by atoms with Crippen LogP contribution in [0.15, 0.2) is 11.2 Å². The second-order valence-electron chi connectivity index (χ2n) is 5.32. The maximum Gasteiger partial charge on any atom is 0.260 e. The van der Waals surface area contributed by atoms with Crippen molar-refractivity contribution in [2.45, 2.75) is 58.2 Å². The summed E-state index contributed by atoms with van der Waals surface area (Å²) >= 11 is 0. The number of aromatic amines is 1. The van der Waals surface area contributed by atoms with Gasteiger partial charge in [0.25, 0.3) is 10.0 Å². The minimum Gasteiger partial charge on any atom is -0.392 e. The van der Waals surface area contributed by atoms with Crippen molar-refractivity contribution in [3.63, 3.8) is 0 Å². The minimum absolute atomic E-state index is 0.00699. The van der Waals surface area contributed by atoms with Crippen molar-refractivity contribution < 1.29 is 13.5 Å². The molecule has 0 aliphatic rings. The van der Waals surface area contributed by atoms with Crippen LogP contribution in [0.25, 0.3) is 0 Å². The molecule has 0 aliphatic carbocycles. The molecule has 1 aromatic heterocycles. The molecule has 0 saturated carbocycles. The van der Waals surface area contributed by atoms with Gasteiger partial charge in [0.05, 0.1) is 12.8 Å². The summed E-state index contributed by atoms with van der Waals surface area (Å²) in [5.41, 5.74) is 0.310. The van der Waals surface area contributed by atoms with Crippen LogP contribution in [0.3, 0.4) is 0 Å². The van der Waals surface area contributed by atoms with E-state index in [9.17, 15) is 13.5 Å². The lowest BCUT2D eigenvalue weighted by atomic mass is 10.1. The van der Waals surface area contributed by atoms with Crippen molar-refractivity contribution in [3.8, 4) is 0 Å². The molecule has 0 aliphatic heterocycles. The molecule has 0 spiro atoms. The van der Waals surface area contributed by atoms with Crippen molar-refractivity contribution in [2.75, 3.05) is 6.54 Å². The first kappa shape index (κ1) is 17.1. The SMILES string of the molecule is CCC(CC)N(CC(C)C)S(=O)(=O)c1[nH]ncc1CO. The Bertz CT molecular complexity index is 507. The van der Waals surface area contributed by atoms with Gasteiger partial charge >= 0.3 is 0 Å². The number of hydrogen-bond acceptors (Lipinski definition) is 4. The molecule has 0 unspecified atom stereocenters. The zero-order valence-electron chi connectivity index (χ0n) is 12.6. The van der Waals surface area contributed by atoms with Gasteiger partial charge in [0.1, 0.15) is 0 Å². The van der Waals surface area contributed by atoms with Crippen molar-refractivity contribution in [3.05, 3.63) is 11.8 Å². The fourth-order valence-electron chi connectivity index (χ4n) is 2.25. The zero-order chi connectivity index (χ0) is 15.3. The number of H-pyrrole nitrogens is 1. The molecule has 2 N–H and O–H groups in total. The van der Waals surface area contributed by atoms with Gasteiger partial charge in [-0.3, -0.25) is 5.10 Å². The Morgan fingerprint density at radius 3 is 2.40 bits per heavy atom. The van der Waals surface area contributed by atoms with Gasteiger partial charge in [-0.2, -0.15) is 9.40 Å². The molecule has 0 saturated heterocycles. The topological polar surface area (TPSA) is 86.3 Å².